The highest BCUT2D eigenvalue weighted by Gasteiger charge is 2.19. The van der Waals surface area contributed by atoms with Gasteiger partial charge in [-0.3, -0.25) is 23.9 Å². The van der Waals surface area contributed by atoms with Gasteiger partial charge in [0.25, 0.3) is 5.56 Å². The summed E-state index contributed by atoms with van der Waals surface area (Å²) in [5.41, 5.74) is 5.47. The van der Waals surface area contributed by atoms with E-state index in [9.17, 15) is 14.4 Å². The van der Waals surface area contributed by atoms with Gasteiger partial charge in [-0.05, 0) is 0 Å². The average Bonchev–Trinajstić information content (AvgIpc) is 3.03. The number of anilines is 1. The zero-order valence-electron chi connectivity index (χ0n) is 16.3. The first-order valence-electron chi connectivity index (χ1n) is 8.84. The Hall–Kier alpha value is -2.95. The molecule has 2 aromatic rings. The van der Waals surface area contributed by atoms with E-state index in [1.807, 2.05) is 0 Å². The number of rotatable bonds is 9. The van der Waals surface area contributed by atoms with Gasteiger partial charge < -0.3 is 19.9 Å². The minimum absolute atomic E-state index is 0.0486. The molecule has 3 N–H and O–H groups in total. The van der Waals surface area contributed by atoms with E-state index < -0.39 is 23.6 Å². The van der Waals surface area contributed by atoms with Crippen molar-refractivity contribution in [2.75, 3.05) is 18.9 Å². The minimum Gasteiger partial charge on any atom is -0.463 e. The van der Waals surface area contributed by atoms with Crippen molar-refractivity contribution in [2.24, 2.45) is 11.8 Å². The summed E-state index contributed by atoms with van der Waals surface area (Å²) in [7, 11) is 0. The third-order valence-electron chi connectivity index (χ3n) is 3.71. The highest BCUT2D eigenvalue weighted by molar-refractivity contribution is 5.72. The zero-order chi connectivity index (χ0) is 20.8. The third-order valence-corrected chi connectivity index (χ3v) is 3.71. The number of nitrogens with one attached hydrogen (secondary N) is 1. The minimum atomic E-state index is -0.706. The lowest BCUT2D eigenvalue weighted by Crippen LogP contribution is -2.31. The Labute approximate surface area is 161 Å². The van der Waals surface area contributed by atoms with Gasteiger partial charge in [0.2, 0.25) is 5.95 Å². The van der Waals surface area contributed by atoms with Gasteiger partial charge in [0.05, 0.1) is 18.2 Å². The number of ether oxygens (including phenoxy) is 3. The molecule has 0 radical (unpaired) electrons. The SMILES string of the molecule is CC(C)C(=O)OCC(COC(=O)C(C)C)OCn1cnc2c(=O)[nH]c(N)nc21. The number of carbonyl (C=O) groups excluding carboxylic acids is 2. The molecule has 0 unspecified atom stereocenters. The van der Waals surface area contributed by atoms with Crippen molar-refractivity contribution in [3.8, 4) is 0 Å². The van der Waals surface area contributed by atoms with Crippen molar-refractivity contribution in [1.29, 1.82) is 0 Å². The first-order chi connectivity index (χ1) is 13.2. The standard InChI is InChI=1S/C17H25N5O6/c1-9(2)15(24)26-5-11(6-27-16(25)10(3)4)28-8-22-7-19-12-13(22)20-17(18)21-14(12)23/h7,9-11H,5-6,8H2,1-4H3,(H3,18,20,21,23). The second-order valence-corrected chi connectivity index (χ2v) is 6.82. The average molecular weight is 395 g/mol. The quantitative estimate of drug-likeness (QED) is 0.576. The van der Waals surface area contributed by atoms with Crippen molar-refractivity contribution >= 4 is 29.1 Å². The summed E-state index contributed by atoms with van der Waals surface area (Å²) in [6.45, 7) is 6.60. The van der Waals surface area contributed by atoms with Crippen molar-refractivity contribution in [3.63, 3.8) is 0 Å². The molecule has 0 bridgehead atoms. The van der Waals surface area contributed by atoms with Gasteiger partial charge in [0.1, 0.15) is 26.0 Å². The van der Waals surface area contributed by atoms with Crippen LogP contribution in [0.5, 0.6) is 0 Å². The van der Waals surface area contributed by atoms with Crippen LogP contribution in [0.15, 0.2) is 11.1 Å². The molecule has 2 aromatic heterocycles. The van der Waals surface area contributed by atoms with Crippen LogP contribution in [-0.4, -0.2) is 50.8 Å². The Bertz CT molecular complexity index is 864. The molecule has 0 amide bonds. The van der Waals surface area contributed by atoms with Gasteiger partial charge in [-0.25, -0.2) is 4.98 Å². The summed E-state index contributed by atoms with van der Waals surface area (Å²) in [6.07, 6.45) is 0.672. The Morgan fingerprint density at radius 3 is 2.25 bits per heavy atom. The second-order valence-electron chi connectivity index (χ2n) is 6.82. The number of hydrogen-bond acceptors (Lipinski definition) is 9. The smallest absolute Gasteiger partial charge is 0.308 e. The van der Waals surface area contributed by atoms with E-state index in [1.54, 1.807) is 27.7 Å². The van der Waals surface area contributed by atoms with Crippen LogP contribution in [0.25, 0.3) is 11.2 Å². The Morgan fingerprint density at radius 1 is 1.14 bits per heavy atom. The molecule has 11 heteroatoms. The van der Waals surface area contributed by atoms with Crippen molar-refractivity contribution < 1.29 is 23.8 Å². The van der Waals surface area contributed by atoms with Gasteiger partial charge in [-0.15, -0.1) is 0 Å². The molecule has 154 valence electrons. The summed E-state index contributed by atoms with van der Waals surface area (Å²) >= 11 is 0. The largest absolute Gasteiger partial charge is 0.463 e. The van der Waals surface area contributed by atoms with Crippen molar-refractivity contribution in [3.05, 3.63) is 16.7 Å². The molecule has 0 saturated carbocycles. The number of nitrogens with two attached hydrogens (primary N) is 1. The Balaban J connectivity index is 2.07. The molecular weight excluding hydrogens is 370 g/mol. The highest BCUT2D eigenvalue weighted by Crippen LogP contribution is 2.09. The molecule has 0 saturated heterocycles. The fraction of sp³-hybridized carbons (Fsp3) is 0.588. The van der Waals surface area contributed by atoms with E-state index in [-0.39, 0.29) is 48.9 Å². The first kappa shape index (κ1) is 21.4. The van der Waals surface area contributed by atoms with Crippen LogP contribution in [-0.2, 0) is 30.5 Å². The number of H-pyrrole nitrogens is 1. The molecule has 2 heterocycles. The fourth-order valence-corrected chi connectivity index (χ4v) is 2.08. The van der Waals surface area contributed by atoms with E-state index in [2.05, 4.69) is 15.0 Å². The number of aromatic amines is 1. The topological polar surface area (TPSA) is 151 Å². The molecule has 2 rings (SSSR count). The lowest BCUT2D eigenvalue weighted by Gasteiger charge is -2.19. The molecule has 0 aliphatic heterocycles. The molecule has 0 atom stereocenters. The lowest BCUT2D eigenvalue weighted by atomic mass is 10.2. The highest BCUT2D eigenvalue weighted by atomic mass is 16.6. The number of fused-ring (bicyclic) bond motifs is 1. The molecule has 0 fully saturated rings. The van der Waals surface area contributed by atoms with Crippen LogP contribution in [0, 0.1) is 11.8 Å². The molecule has 11 nitrogen and oxygen atoms in total. The maximum absolute atomic E-state index is 11.8. The Kier molecular flexibility index (Phi) is 7.10. The number of nitrogen functional groups attached to an aromatic ring is 1. The van der Waals surface area contributed by atoms with E-state index in [1.165, 1.54) is 10.9 Å². The second kappa shape index (κ2) is 9.31. The van der Waals surface area contributed by atoms with Gasteiger partial charge in [0, 0.05) is 0 Å². The Morgan fingerprint density at radius 2 is 1.71 bits per heavy atom. The predicted octanol–water partition coefficient (Wildman–Crippen LogP) is 0.443. The van der Waals surface area contributed by atoms with Crippen LogP contribution in [0.3, 0.4) is 0 Å². The molecule has 0 spiro atoms. The van der Waals surface area contributed by atoms with E-state index in [0.29, 0.717) is 0 Å². The van der Waals surface area contributed by atoms with Gasteiger partial charge in [-0.2, -0.15) is 4.98 Å². The fourth-order valence-electron chi connectivity index (χ4n) is 2.08. The molecule has 0 aliphatic rings. The van der Waals surface area contributed by atoms with Gasteiger partial charge >= 0.3 is 11.9 Å². The number of hydrogen-bond donors (Lipinski definition) is 2. The first-order valence-corrected chi connectivity index (χ1v) is 8.84. The lowest BCUT2D eigenvalue weighted by molar-refractivity contribution is -0.161. The summed E-state index contributed by atoms with van der Waals surface area (Å²) in [5.74, 6) is -1.42. The molecule has 0 aromatic carbocycles. The van der Waals surface area contributed by atoms with E-state index in [4.69, 9.17) is 19.9 Å². The van der Waals surface area contributed by atoms with Crippen molar-refractivity contribution in [1.82, 2.24) is 19.5 Å². The normalized spacial score (nSPS) is 11.5. The zero-order valence-corrected chi connectivity index (χ0v) is 16.3. The van der Waals surface area contributed by atoms with Crippen LogP contribution in [0.2, 0.25) is 0 Å². The van der Waals surface area contributed by atoms with Crippen molar-refractivity contribution in [2.45, 2.75) is 40.5 Å². The van der Waals surface area contributed by atoms with E-state index >= 15 is 0 Å². The van der Waals surface area contributed by atoms with E-state index in [0.717, 1.165) is 0 Å². The summed E-state index contributed by atoms with van der Waals surface area (Å²) in [4.78, 5) is 45.6. The summed E-state index contributed by atoms with van der Waals surface area (Å²) in [5, 5.41) is 0. The molecular formula is C17H25N5O6. The molecule has 28 heavy (non-hydrogen) atoms. The van der Waals surface area contributed by atoms with Gasteiger partial charge in [0.15, 0.2) is 11.2 Å². The number of esters is 2. The number of carbonyl (C=O) groups is 2. The third kappa shape index (κ3) is 5.52. The monoisotopic (exact) mass is 395 g/mol. The predicted molar refractivity (Wildman–Crippen MR) is 99.0 cm³/mol. The van der Waals surface area contributed by atoms with Crippen LogP contribution < -0.4 is 11.3 Å². The summed E-state index contributed by atoms with van der Waals surface area (Å²) in [6, 6.07) is 0. The van der Waals surface area contributed by atoms with Crippen LogP contribution in [0.4, 0.5) is 5.95 Å². The maximum atomic E-state index is 11.8. The van der Waals surface area contributed by atoms with Gasteiger partial charge in [-0.1, -0.05) is 27.7 Å². The number of nitrogens with zero attached hydrogens (tertiary/aromatic N) is 3. The number of imidazole rings is 1. The number of aromatic nitrogens is 4. The van der Waals surface area contributed by atoms with Crippen LogP contribution in [0.1, 0.15) is 27.7 Å². The molecule has 0 aliphatic carbocycles. The van der Waals surface area contributed by atoms with Crippen LogP contribution >= 0.6 is 0 Å². The summed E-state index contributed by atoms with van der Waals surface area (Å²) < 4.78 is 17.6. The maximum Gasteiger partial charge on any atom is 0.308 e.